The zero-order chi connectivity index (χ0) is 12.8. The Morgan fingerprint density at radius 1 is 1.44 bits per heavy atom. The number of carbonyl (C=O) groups is 1. The summed E-state index contributed by atoms with van der Waals surface area (Å²) in [5.74, 6) is -0.279. The first-order valence-corrected chi connectivity index (χ1v) is 6.20. The summed E-state index contributed by atoms with van der Waals surface area (Å²) in [5, 5.41) is 9.26. The molecular weight excluding hydrogens is 232 g/mol. The maximum absolute atomic E-state index is 11.3. The van der Waals surface area contributed by atoms with Crippen molar-refractivity contribution >= 4 is 5.97 Å². The molecule has 1 atom stereocenters. The number of fused-ring (bicyclic) bond motifs is 1. The molecule has 0 spiro atoms. The second kappa shape index (κ2) is 3.99. The number of hydrogen-bond donors (Lipinski definition) is 1. The number of carboxylic acids is 1. The third-order valence-corrected chi connectivity index (χ3v) is 4.18. The monoisotopic (exact) mass is 248 g/mol. The molecule has 1 saturated heterocycles. The molecule has 0 radical (unpaired) electrons. The summed E-state index contributed by atoms with van der Waals surface area (Å²) in [7, 11) is 0. The van der Waals surface area contributed by atoms with E-state index in [0.717, 1.165) is 24.3 Å². The lowest BCUT2D eigenvalue weighted by atomic mass is 9.69. The lowest BCUT2D eigenvalue weighted by molar-refractivity contribution is -0.155. The van der Waals surface area contributed by atoms with Crippen molar-refractivity contribution in [2.24, 2.45) is 5.92 Å². The number of ether oxygens (including phenoxy) is 2. The van der Waals surface area contributed by atoms with Crippen LogP contribution in [0.3, 0.4) is 0 Å². The summed E-state index contributed by atoms with van der Waals surface area (Å²) in [4.78, 5) is 11.3. The van der Waals surface area contributed by atoms with Gasteiger partial charge < -0.3 is 14.6 Å². The molecule has 0 saturated carbocycles. The van der Waals surface area contributed by atoms with Gasteiger partial charge in [0.1, 0.15) is 5.75 Å². The maximum atomic E-state index is 11.3. The van der Waals surface area contributed by atoms with E-state index in [1.807, 2.05) is 12.1 Å². The van der Waals surface area contributed by atoms with E-state index in [4.69, 9.17) is 9.47 Å². The van der Waals surface area contributed by atoms with Crippen LogP contribution in [-0.4, -0.2) is 30.9 Å². The van der Waals surface area contributed by atoms with Crippen LogP contribution in [0.1, 0.15) is 18.1 Å². The van der Waals surface area contributed by atoms with Gasteiger partial charge in [-0.05, 0) is 17.2 Å². The van der Waals surface area contributed by atoms with E-state index in [9.17, 15) is 9.90 Å². The Labute approximate surface area is 106 Å². The molecule has 1 unspecified atom stereocenters. The third-order valence-electron chi connectivity index (χ3n) is 4.18. The highest BCUT2D eigenvalue weighted by Crippen LogP contribution is 2.41. The molecule has 4 nitrogen and oxygen atoms in total. The first-order valence-electron chi connectivity index (χ1n) is 6.20. The average molecular weight is 248 g/mol. The van der Waals surface area contributed by atoms with E-state index in [1.54, 1.807) is 6.92 Å². The molecular formula is C14H16O4. The fourth-order valence-corrected chi connectivity index (χ4v) is 2.72. The topological polar surface area (TPSA) is 55.8 Å². The number of hydrogen-bond acceptors (Lipinski definition) is 3. The molecule has 3 rings (SSSR count). The Morgan fingerprint density at radius 3 is 2.83 bits per heavy atom. The summed E-state index contributed by atoms with van der Waals surface area (Å²) in [5.41, 5.74) is 1.87. The summed E-state index contributed by atoms with van der Waals surface area (Å²) in [6, 6.07) is 6.02. The van der Waals surface area contributed by atoms with Gasteiger partial charge in [0.25, 0.3) is 0 Å². The number of aliphatic carboxylic acids is 1. The maximum Gasteiger partial charge on any atom is 0.307 e. The fraction of sp³-hybridized carbons (Fsp3) is 0.500. The van der Waals surface area contributed by atoms with Crippen LogP contribution in [0.2, 0.25) is 0 Å². The van der Waals surface area contributed by atoms with E-state index in [0.29, 0.717) is 13.2 Å². The molecule has 2 aliphatic heterocycles. The van der Waals surface area contributed by atoms with Crippen LogP contribution in [0.4, 0.5) is 0 Å². The summed E-state index contributed by atoms with van der Waals surface area (Å²) in [6.45, 7) is 3.45. The van der Waals surface area contributed by atoms with Crippen molar-refractivity contribution in [3.8, 4) is 5.75 Å². The smallest absolute Gasteiger partial charge is 0.307 e. The first-order chi connectivity index (χ1) is 8.63. The molecule has 4 heteroatoms. The summed E-state index contributed by atoms with van der Waals surface area (Å²) in [6.07, 6.45) is 0.904. The van der Waals surface area contributed by atoms with Gasteiger partial charge in [-0.2, -0.15) is 0 Å². The molecule has 0 aromatic heterocycles. The van der Waals surface area contributed by atoms with Crippen molar-refractivity contribution in [3.05, 3.63) is 29.3 Å². The summed E-state index contributed by atoms with van der Waals surface area (Å²) >= 11 is 0. The van der Waals surface area contributed by atoms with Gasteiger partial charge >= 0.3 is 5.97 Å². The van der Waals surface area contributed by atoms with Gasteiger partial charge in [0.15, 0.2) is 0 Å². The highest BCUT2D eigenvalue weighted by Gasteiger charge is 2.48. The third kappa shape index (κ3) is 1.52. The summed E-state index contributed by atoms with van der Waals surface area (Å²) < 4.78 is 10.8. The zero-order valence-electron chi connectivity index (χ0n) is 10.3. The standard InChI is InChI=1S/C14H16O4/c1-9(13(15)16)14(7-17-8-14)11-2-3-12-10(6-11)4-5-18-12/h2-3,6,9H,4-5,7-8H2,1H3,(H,15,16). The Hall–Kier alpha value is -1.55. The Balaban J connectivity index is 1.99. The van der Waals surface area contributed by atoms with Gasteiger partial charge in [-0.1, -0.05) is 19.1 Å². The van der Waals surface area contributed by atoms with Crippen molar-refractivity contribution in [2.75, 3.05) is 19.8 Å². The molecule has 2 heterocycles. The minimum atomic E-state index is -0.768. The van der Waals surface area contributed by atoms with Crippen molar-refractivity contribution < 1.29 is 19.4 Å². The fourth-order valence-electron chi connectivity index (χ4n) is 2.72. The molecule has 1 N–H and O–H groups in total. The van der Waals surface area contributed by atoms with Crippen LogP contribution < -0.4 is 4.74 Å². The molecule has 0 aliphatic carbocycles. The van der Waals surface area contributed by atoms with Crippen molar-refractivity contribution in [1.29, 1.82) is 0 Å². The Kier molecular flexibility index (Phi) is 2.55. The molecule has 0 bridgehead atoms. The molecule has 0 amide bonds. The molecule has 1 fully saturated rings. The van der Waals surface area contributed by atoms with Crippen LogP contribution in [0.5, 0.6) is 5.75 Å². The van der Waals surface area contributed by atoms with E-state index >= 15 is 0 Å². The first kappa shape index (κ1) is 11.5. The second-order valence-electron chi connectivity index (χ2n) is 5.13. The zero-order valence-corrected chi connectivity index (χ0v) is 10.3. The highest BCUT2D eigenvalue weighted by molar-refractivity contribution is 5.72. The average Bonchev–Trinajstić information content (AvgIpc) is 2.74. The van der Waals surface area contributed by atoms with Gasteiger partial charge in [-0.3, -0.25) is 4.79 Å². The predicted molar refractivity (Wildman–Crippen MR) is 64.9 cm³/mol. The van der Waals surface area contributed by atoms with Gasteiger partial charge in [0, 0.05) is 6.42 Å². The minimum absolute atomic E-state index is 0.372. The van der Waals surface area contributed by atoms with E-state index in [-0.39, 0.29) is 5.41 Å². The van der Waals surface area contributed by atoms with Crippen LogP contribution in [0.15, 0.2) is 18.2 Å². The van der Waals surface area contributed by atoms with Crippen LogP contribution in [-0.2, 0) is 21.4 Å². The van der Waals surface area contributed by atoms with Crippen LogP contribution in [0.25, 0.3) is 0 Å². The number of carboxylic acid groups (broad SMARTS) is 1. The van der Waals surface area contributed by atoms with Crippen LogP contribution >= 0.6 is 0 Å². The Bertz CT molecular complexity index is 491. The lowest BCUT2D eigenvalue weighted by Gasteiger charge is -2.45. The van der Waals surface area contributed by atoms with Gasteiger partial charge in [-0.25, -0.2) is 0 Å². The number of rotatable bonds is 3. The molecule has 96 valence electrons. The van der Waals surface area contributed by atoms with E-state index in [1.165, 1.54) is 5.56 Å². The van der Waals surface area contributed by atoms with E-state index in [2.05, 4.69) is 6.07 Å². The van der Waals surface area contributed by atoms with Crippen molar-refractivity contribution in [1.82, 2.24) is 0 Å². The molecule has 2 aliphatic rings. The van der Waals surface area contributed by atoms with Crippen LogP contribution in [0, 0.1) is 5.92 Å². The molecule has 1 aromatic rings. The highest BCUT2D eigenvalue weighted by atomic mass is 16.5. The second-order valence-corrected chi connectivity index (χ2v) is 5.13. The molecule has 1 aromatic carbocycles. The minimum Gasteiger partial charge on any atom is -0.493 e. The van der Waals surface area contributed by atoms with E-state index < -0.39 is 11.9 Å². The van der Waals surface area contributed by atoms with Gasteiger partial charge in [0.2, 0.25) is 0 Å². The SMILES string of the molecule is CC(C(=O)O)C1(c2ccc3c(c2)CCO3)COC1. The van der Waals surface area contributed by atoms with Gasteiger partial charge in [-0.15, -0.1) is 0 Å². The lowest BCUT2D eigenvalue weighted by Crippen LogP contribution is -2.53. The van der Waals surface area contributed by atoms with Crippen molar-refractivity contribution in [3.63, 3.8) is 0 Å². The Morgan fingerprint density at radius 2 is 2.22 bits per heavy atom. The normalized spacial score (nSPS) is 21.6. The quantitative estimate of drug-likeness (QED) is 0.883. The predicted octanol–water partition coefficient (Wildman–Crippen LogP) is 1.61. The van der Waals surface area contributed by atoms with Crippen molar-refractivity contribution in [2.45, 2.75) is 18.8 Å². The molecule has 18 heavy (non-hydrogen) atoms. The number of benzene rings is 1. The van der Waals surface area contributed by atoms with Gasteiger partial charge in [0.05, 0.1) is 31.2 Å². The largest absolute Gasteiger partial charge is 0.493 e.